The third-order valence-corrected chi connectivity index (χ3v) is 3.98. The number of aromatic nitrogens is 3. The van der Waals surface area contributed by atoms with Gasteiger partial charge in [0.1, 0.15) is 6.33 Å². The average molecular weight is 355 g/mol. The molecule has 0 N–H and O–H groups in total. The van der Waals surface area contributed by atoms with Crippen LogP contribution in [0, 0.1) is 3.57 Å². The molecule has 0 fully saturated rings. The highest BCUT2D eigenvalue weighted by Crippen LogP contribution is 2.07. The second kappa shape index (κ2) is 4.19. The Morgan fingerprint density at radius 1 is 1.29 bits per heavy atom. The van der Waals surface area contributed by atoms with Crippen LogP contribution >= 0.6 is 33.9 Å². The zero-order valence-electron chi connectivity index (χ0n) is 8.50. The molecule has 0 amide bonds. The Balaban J connectivity index is 2.20. The van der Waals surface area contributed by atoms with E-state index in [9.17, 15) is 4.79 Å². The fourth-order valence-corrected chi connectivity index (χ4v) is 2.73. The summed E-state index contributed by atoms with van der Waals surface area (Å²) in [6.45, 7) is 0. The van der Waals surface area contributed by atoms with Crippen LogP contribution in [0.2, 0.25) is 0 Å². The van der Waals surface area contributed by atoms with Crippen LogP contribution in [0.3, 0.4) is 0 Å². The third-order valence-electron chi connectivity index (χ3n) is 2.29. The monoisotopic (exact) mass is 355 g/mol. The molecule has 0 saturated heterocycles. The Bertz CT molecular complexity index is 775. The number of nitrogens with zero attached hydrogens (tertiary/aromatic N) is 3. The molecule has 0 aliphatic rings. The second-order valence-electron chi connectivity index (χ2n) is 3.42. The average Bonchev–Trinajstić information content (AvgIpc) is 2.87. The molecule has 2 heterocycles. The van der Waals surface area contributed by atoms with Crippen molar-refractivity contribution >= 4 is 45.0 Å². The first-order valence-electron chi connectivity index (χ1n) is 4.84. The lowest BCUT2D eigenvalue weighted by Crippen LogP contribution is -2.23. The molecule has 84 valence electrons. The molecule has 0 radical (unpaired) electrons. The van der Waals surface area contributed by atoms with Gasteiger partial charge in [0.15, 0.2) is 0 Å². The van der Waals surface area contributed by atoms with Gasteiger partial charge in [0.25, 0.3) is 5.56 Å². The van der Waals surface area contributed by atoms with E-state index in [-0.39, 0.29) is 5.56 Å². The molecule has 2 aromatic heterocycles. The van der Waals surface area contributed by atoms with Gasteiger partial charge in [0.05, 0.1) is 4.53 Å². The predicted molar refractivity (Wildman–Crippen MR) is 75.1 cm³/mol. The minimum absolute atomic E-state index is 0.110. The van der Waals surface area contributed by atoms with Crippen LogP contribution in [0.15, 0.2) is 35.4 Å². The van der Waals surface area contributed by atoms with Crippen LogP contribution in [0.1, 0.15) is 5.56 Å². The van der Waals surface area contributed by atoms with Crippen LogP contribution < -0.4 is 10.1 Å². The van der Waals surface area contributed by atoms with E-state index in [4.69, 9.17) is 0 Å². The zero-order chi connectivity index (χ0) is 11.8. The first-order chi connectivity index (χ1) is 8.24. The first kappa shape index (κ1) is 10.8. The molecule has 17 heavy (non-hydrogen) atoms. The number of benzene rings is 1. The molecule has 0 saturated carbocycles. The van der Waals surface area contributed by atoms with Gasteiger partial charge in [-0.15, -0.1) is 0 Å². The molecule has 6 heteroatoms. The van der Waals surface area contributed by atoms with Crippen molar-refractivity contribution in [2.24, 2.45) is 0 Å². The zero-order valence-corrected chi connectivity index (χ0v) is 11.5. The summed E-state index contributed by atoms with van der Waals surface area (Å²) >= 11 is 3.60. The molecule has 3 aromatic rings. The summed E-state index contributed by atoms with van der Waals surface area (Å²) in [6.07, 6.45) is 3.25. The third kappa shape index (κ3) is 1.98. The Hall–Kier alpha value is -1.28. The lowest BCUT2D eigenvalue weighted by atomic mass is 10.2. The lowest BCUT2D eigenvalue weighted by Gasteiger charge is -1.91. The Labute approximate surface area is 114 Å². The molecule has 0 spiro atoms. The van der Waals surface area contributed by atoms with Crippen molar-refractivity contribution in [1.82, 2.24) is 14.6 Å². The van der Waals surface area contributed by atoms with Crippen molar-refractivity contribution in [1.29, 1.82) is 0 Å². The molecular weight excluding hydrogens is 349 g/mol. The number of halogens is 1. The van der Waals surface area contributed by atoms with Crippen molar-refractivity contribution in [3.05, 3.63) is 54.6 Å². The van der Waals surface area contributed by atoms with E-state index in [1.165, 1.54) is 25.7 Å². The highest BCUT2D eigenvalue weighted by molar-refractivity contribution is 14.1. The van der Waals surface area contributed by atoms with Crippen LogP contribution in [0.4, 0.5) is 0 Å². The van der Waals surface area contributed by atoms with Crippen molar-refractivity contribution < 1.29 is 0 Å². The number of rotatable bonds is 1. The topological polar surface area (TPSA) is 47.3 Å². The number of hydrogen-bond donors (Lipinski definition) is 0. The summed E-state index contributed by atoms with van der Waals surface area (Å²) in [5.74, 6) is 0. The second-order valence-corrected chi connectivity index (χ2v) is 5.68. The summed E-state index contributed by atoms with van der Waals surface area (Å²) in [7, 11) is 0. The van der Waals surface area contributed by atoms with E-state index in [0.29, 0.717) is 9.49 Å². The highest BCUT2D eigenvalue weighted by Gasteiger charge is 2.04. The minimum atomic E-state index is -0.110. The highest BCUT2D eigenvalue weighted by atomic mass is 127. The Morgan fingerprint density at radius 2 is 2.06 bits per heavy atom. The summed E-state index contributed by atoms with van der Waals surface area (Å²) in [5, 5.41) is 3.88. The first-order valence-corrected chi connectivity index (χ1v) is 6.73. The smallest absolute Gasteiger partial charge is 0.266 e. The van der Waals surface area contributed by atoms with Gasteiger partial charge in [-0.3, -0.25) is 4.79 Å². The summed E-state index contributed by atoms with van der Waals surface area (Å²) in [6, 6.07) is 7.98. The minimum Gasteiger partial charge on any atom is -0.266 e. The molecule has 0 bridgehead atoms. The summed E-state index contributed by atoms with van der Waals surface area (Å²) in [5.41, 5.74) is 0.896. The van der Waals surface area contributed by atoms with Gasteiger partial charge in [0.2, 0.25) is 4.96 Å². The summed E-state index contributed by atoms with van der Waals surface area (Å²) < 4.78 is 3.15. The van der Waals surface area contributed by atoms with Crippen LogP contribution in [-0.2, 0) is 0 Å². The Kier molecular flexibility index (Phi) is 2.67. The van der Waals surface area contributed by atoms with Crippen molar-refractivity contribution in [2.75, 3.05) is 0 Å². The van der Waals surface area contributed by atoms with Crippen LogP contribution in [0.25, 0.3) is 11.0 Å². The molecule has 0 aliphatic heterocycles. The van der Waals surface area contributed by atoms with Gasteiger partial charge in [0, 0.05) is 3.57 Å². The van der Waals surface area contributed by atoms with E-state index in [0.717, 1.165) is 5.56 Å². The molecule has 0 atom stereocenters. The number of thiazole rings is 1. The van der Waals surface area contributed by atoms with Gasteiger partial charge >= 0.3 is 0 Å². The van der Waals surface area contributed by atoms with Crippen molar-refractivity contribution in [2.45, 2.75) is 0 Å². The standard InChI is InChI=1S/C11H6IN3OS/c12-8-3-1-7(2-4-8)5-9-10(16)15-11(17-9)13-6-14-15/h1-6H/b9-5-. The summed E-state index contributed by atoms with van der Waals surface area (Å²) in [4.78, 5) is 16.5. The lowest BCUT2D eigenvalue weighted by molar-refractivity contribution is 0.932. The van der Waals surface area contributed by atoms with E-state index in [1.54, 1.807) is 0 Å². The molecule has 0 unspecified atom stereocenters. The normalized spacial score (nSPS) is 12.4. The molecule has 1 aromatic carbocycles. The predicted octanol–water partition coefficient (Wildman–Crippen LogP) is 1.30. The maximum absolute atomic E-state index is 11.9. The van der Waals surface area contributed by atoms with E-state index >= 15 is 0 Å². The fraction of sp³-hybridized carbons (Fsp3) is 0. The van der Waals surface area contributed by atoms with Gasteiger partial charge < -0.3 is 0 Å². The van der Waals surface area contributed by atoms with E-state index in [1.807, 2.05) is 30.3 Å². The molecular formula is C11H6IN3OS. The fourth-order valence-electron chi connectivity index (χ4n) is 1.49. The van der Waals surface area contributed by atoms with E-state index < -0.39 is 0 Å². The van der Waals surface area contributed by atoms with E-state index in [2.05, 4.69) is 32.7 Å². The van der Waals surface area contributed by atoms with Crippen LogP contribution in [0.5, 0.6) is 0 Å². The van der Waals surface area contributed by atoms with Gasteiger partial charge in [-0.2, -0.15) is 9.61 Å². The molecule has 0 aliphatic carbocycles. The van der Waals surface area contributed by atoms with Gasteiger partial charge in [-0.25, -0.2) is 4.98 Å². The van der Waals surface area contributed by atoms with Crippen molar-refractivity contribution in [3.8, 4) is 0 Å². The Morgan fingerprint density at radius 3 is 2.76 bits per heavy atom. The molecule has 4 nitrogen and oxygen atoms in total. The quantitative estimate of drug-likeness (QED) is 0.619. The maximum Gasteiger partial charge on any atom is 0.291 e. The van der Waals surface area contributed by atoms with Crippen LogP contribution in [-0.4, -0.2) is 14.6 Å². The largest absolute Gasteiger partial charge is 0.291 e. The molecule has 3 rings (SSSR count). The number of hydrogen-bond acceptors (Lipinski definition) is 4. The van der Waals surface area contributed by atoms with Crippen molar-refractivity contribution in [3.63, 3.8) is 0 Å². The SMILES string of the molecule is O=c1/c(=C/c2ccc(I)cc2)sc2ncnn12. The maximum atomic E-state index is 11.9. The van der Waals surface area contributed by atoms with Gasteiger partial charge in [-0.1, -0.05) is 23.5 Å². The number of fused-ring (bicyclic) bond motifs is 1. The van der Waals surface area contributed by atoms with Gasteiger partial charge in [-0.05, 0) is 46.4 Å².